The lowest BCUT2D eigenvalue weighted by Crippen LogP contribution is -2.22. The minimum Gasteiger partial charge on any atom is -0.460 e. The van der Waals surface area contributed by atoms with Gasteiger partial charge >= 0.3 is 26.1 Å². The van der Waals surface area contributed by atoms with Crippen LogP contribution in [-0.2, 0) is 25.7 Å². The number of hydrogen-bond acceptors (Lipinski definition) is 5. The lowest BCUT2D eigenvalue weighted by atomic mass is 10.4. The number of ether oxygens (including phenoxy) is 2. The summed E-state index contributed by atoms with van der Waals surface area (Å²) >= 11 is 1.32. The van der Waals surface area contributed by atoms with Crippen LogP contribution >= 0.6 is 11.3 Å². The number of halogens is 5. The van der Waals surface area contributed by atoms with Crippen LogP contribution in [0.1, 0.15) is 11.3 Å². The molecular weight excluding hydrogens is 310 g/mol. The van der Waals surface area contributed by atoms with Crippen LogP contribution in [0.5, 0.6) is 0 Å². The lowest BCUT2D eigenvalue weighted by molar-refractivity contribution is -0.305. The van der Waals surface area contributed by atoms with Gasteiger partial charge in [0.2, 0.25) is 0 Å². The first kappa shape index (κ1) is 18.4. The van der Waals surface area contributed by atoms with Gasteiger partial charge in [-0.15, -0.1) is 24.5 Å². The Kier molecular flexibility index (Phi) is 8.53. The van der Waals surface area contributed by atoms with Crippen LogP contribution in [0.25, 0.3) is 0 Å². The Balaban J connectivity index is 0.00000110. The molecule has 0 unspecified atom stereocenters. The summed E-state index contributed by atoms with van der Waals surface area (Å²) < 4.78 is 61.3. The number of esters is 2. The fourth-order valence-electron chi connectivity index (χ4n) is 0.880. The van der Waals surface area contributed by atoms with Gasteiger partial charge in [0.25, 0.3) is 0 Å². The van der Waals surface area contributed by atoms with Crippen molar-refractivity contribution in [3.05, 3.63) is 22.4 Å². The molecule has 4 nitrogen and oxygen atoms in total. The van der Waals surface area contributed by atoms with Crippen molar-refractivity contribution in [1.82, 2.24) is 0 Å². The molecule has 1 radical (unpaired) electrons. The Morgan fingerprint density at radius 2 is 1.85 bits per heavy atom. The molecule has 1 aromatic heterocycles. The molecule has 0 aliphatic rings. The quantitative estimate of drug-likeness (QED) is 0.371. The van der Waals surface area contributed by atoms with Gasteiger partial charge in [0, 0.05) is 4.88 Å². The van der Waals surface area contributed by atoms with Gasteiger partial charge in [0.1, 0.15) is 13.0 Å². The second kappa shape index (κ2) is 9.29. The van der Waals surface area contributed by atoms with E-state index in [0.29, 0.717) is 0 Å². The van der Waals surface area contributed by atoms with Crippen LogP contribution < -0.4 is 0 Å². The molecule has 1 heterocycles. The second-order valence-electron chi connectivity index (χ2n) is 2.92. The number of carbonyl (C=O) groups excluding carboxylic acids is 2. The molecule has 1 aromatic rings. The van der Waals surface area contributed by atoms with Gasteiger partial charge in [-0.2, -0.15) is 0 Å². The zero-order valence-electron chi connectivity index (χ0n) is 9.65. The van der Waals surface area contributed by atoms with E-state index in [-0.39, 0.29) is 6.61 Å². The molecule has 0 spiro atoms. The summed E-state index contributed by atoms with van der Waals surface area (Å²) in [4.78, 5) is 22.3. The lowest BCUT2D eigenvalue weighted by Gasteiger charge is -2.06. The minimum absolute atomic E-state index is 0.0736. The number of rotatable bonds is 4. The van der Waals surface area contributed by atoms with Crippen molar-refractivity contribution in [2.75, 3.05) is 0 Å². The molecule has 0 bridgehead atoms. The van der Waals surface area contributed by atoms with Crippen molar-refractivity contribution >= 4 is 31.1 Å². The summed E-state index contributed by atoms with van der Waals surface area (Å²) in [6.07, 6.45) is -6.14. The Morgan fingerprint density at radius 3 is 2.30 bits per heavy atom. The van der Waals surface area contributed by atoms with Crippen LogP contribution in [0.4, 0.5) is 21.8 Å². The molecule has 0 atom stereocenters. The van der Waals surface area contributed by atoms with E-state index in [4.69, 9.17) is 0 Å². The number of alkyl halides is 3. The van der Waals surface area contributed by atoms with Crippen LogP contribution in [-0.4, -0.2) is 26.1 Å². The predicted octanol–water partition coefficient (Wildman–Crippen LogP) is 2.70. The first-order chi connectivity index (χ1) is 9.28. The van der Waals surface area contributed by atoms with Gasteiger partial charge < -0.3 is 9.47 Å². The Hall–Kier alpha value is -1.65. The third-order valence-electron chi connectivity index (χ3n) is 1.47. The van der Waals surface area contributed by atoms with E-state index in [1.807, 2.05) is 0 Å². The fourth-order valence-corrected chi connectivity index (χ4v) is 1.50. The molecular formula is C9H7BF5O4S. The Labute approximate surface area is 114 Å². The Morgan fingerprint density at radius 1 is 1.25 bits per heavy atom. The van der Waals surface area contributed by atoms with E-state index < -0.39 is 32.6 Å². The summed E-state index contributed by atoms with van der Waals surface area (Å²) in [5, 5.41) is 1.75. The third kappa shape index (κ3) is 10.3. The predicted molar refractivity (Wildman–Crippen MR) is 58.8 cm³/mol. The first-order valence-electron chi connectivity index (χ1n) is 4.77. The summed E-state index contributed by atoms with van der Waals surface area (Å²) in [5.41, 5.74) is 0. The molecule has 111 valence electrons. The van der Waals surface area contributed by atoms with E-state index >= 15 is 0 Å². The molecule has 0 saturated carbocycles. The minimum atomic E-state index is -5.08. The molecule has 20 heavy (non-hydrogen) atoms. The molecule has 0 amide bonds. The maximum absolute atomic E-state index is 11.6. The fraction of sp³-hybridized carbons (Fsp3) is 0.333. The van der Waals surface area contributed by atoms with Gasteiger partial charge in [0.15, 0.2) is 0 Å². The van der Waals surface area contributed by atoms with Crippen LogP contribution in [0, 0.1) is 0 Å². The summed E-state index contributed by atoms with van der Waals surface area (Å²) in [7, 11) is -1.00. The van der Waals surface area contributed by atoms with Gasteiger partial charge in [-0.3, -0.25) is 18.2 Å². The average molecular weight is 317 g/mol. The van der Waals surface area contributed by atoms with E-state index in [0.717, 1.165) is 4.88 Å². The molecule has 0 N–H and O–H groups in total. The van der Waals surface area contributed by atoms with E-state index in [9.17, 15) is 31.4 Å². The SMILES string of the molecule is F[B]F.O=C(CC(=O)OC(F)(F)F)OCc1cccs1. The number of thiophene rings is 1. The smallest absolute Gasteiger partial charge is 0.460 e. The number of carbonyl (C=O) groups is 2. The van der Waals surface area contributed by atoms with Gasteiger partial charge in [0.05, 0.1) is 0 Å². The molecule has 0 aliphatic heterocycles. The van der Waals surface area contributed by atoms with E-state index in [1.165, 1.54) is 11.3 Å². The molecule has 0 saturated heterocycles. The standard InChI is InChI=1S/C9H7F3O4S.BF2/c10-9(11,12)16-8(14)4-7(13)15-5-6-2-1-3-17-6;2-1-3/h1-3H,4-5H2;. The highest BCUT2D eigenvalue weighted by molar-refractivity contribution is 7.09. The average Bonchev–Trinajstić information content (AvgIpc) is 2.77. The topological polar surface area (TPSA) is 52.6 Å². The monoisotopic (exact) mass is 317 g/mol. The molecule has 0 fully saturated rings. The molecule has 0 aliphatic carbocycles. The van der Waals surface area contributed by atoms with Crippen molar-refractivity contribution < 1.29 is 40.9 Å². The van der Waals surface area contributed by atoms with Crippen molar-refractivity contribution in [2.24, 2.45) is 0 Å². The number of hydrogen-bond donors (Lipinski definition) is 0. The summed E-state index contributed by atoms with van der Waals surface area (Å²) in [6, 6.07) is 3.41. The van der Waals surface area contributed by atoms with Crippen molar-refractivity contribution in [3.8, 4) is 0 Å². The third-order valence-corrected chi connectivity index (χ3v) is 2.32. The van der Waals surface area contributed by atoms with Crippen molar-refractivity contribution in [3.63, 3.8) is 0 Å². The van der Waals surface area contributed by atoms with Crippen molar-refractivity contribution in [1.29, 1.82) is 0 Å². The normalized spacial score (nSPS) is 10.1. The van der Waals surface area contributed by atoms with E-state index in [2.05, 4.69) is 9.47 Å². The van der Waals surface area contributed by atoms with Crippen LogP contribution in [0.3, 0.4) is 0 Å². The highest BCUT2D eigenvalue weighted by Crippen LogP contribution is 2.17. The second-order valence-corrected chi connectivity index (χ2v) is 3.95. The molecule has 0 aromatic carbocycles. The van der Waals surface area contributed by atoms with Gasteiger partial charge in [-0.05, 0) is 11.4 Å². The zero-order chi connectivity index (χ0) is 15.6. The highest BCUT2D eigenvalue weighted by Gasteiger charge is 2.34. The first-order valence-corrected chi connectivity index (χ1v) is 5.65. The highest BCUT2D eigenvalue weighted by atomic mass is 32.1. The summed E-state index contributed by atoms with van der Waals surface area (Å²) in [5.74, 6) is -2.75. The molecule has 11 heteroatoms. The zero-order valence-corrected chi connectivity index (χ0v) is 10.5. The maximum Gasteiger partial charge on any atom is 0.577 e. The largest absolute Gasteiger partial charge is 0.577 e. The molecule has 1 rings (SSSR count). The Bertz CT molecular complexity index is 409. The van der Waals surface area contributed by atoms with E-state index in [1.54, 1.807) is 17.5 Å². The van der Waals surface area contributed by atoms with Gasteiger partial charge in [-0.1, -0.05) is 6.07 Å². The van der Waals surface area contributed by atoms with Crippen LogP contribution in [0.15, 0.2) is 17.5 Å². The maximum atomic E-state index is 11.6. The van der Waals surface area contributed by atoms with Crippen molar-refractivity contribution in [2.45, 2.75) is 19.4 Å². The summed E-state index contributed by atoms with van der Waals surface area (Å²) in [6.45, 7) is -0.0736. The van der Waals surface area contributed by atoms with Gasteiger partial charge in [-0.25, -0.2) is 0 Å². The van der Waals surface area contributed by atoms with Crippen LogP contribution in [0.2, 0.25) is 0 Å².